The van der Waals surface area contributed by atoms with Crippen molar-refractivity contribution < 1.29 is 30.0 Å². The van der Waals surface area contributed by atoms with Gasteiger partial charge in [0.1, 0.15) is 11.7 Å². The highest BCUT2D eigenvalue weighted by Gasteiger charge is 2.73. The standard InChI is InChI=1S/C22H34O6/c1-11-13-6-7-14-18(25)21(13,10-20(14,5)26)9-17(28-12(2)23)22(27)15(11)8-16(24)19(22,3)4/h13-18,24-27H,1,6-10H2,2-5H3/t13-,14+,15-,16-,17-,18+,20+,21-,22-/m0/s1. The lowest BCUT2D eigenvalue weighted by molar-refractivity contribution is -0.198. The Balaban J connectivity index is 1.89. The molecule has 4 aliphatic carbocycles. The minimum Gasteiger partial charge on any atom is -0.459 e. The molecule has 4 aliphatic rings. The molecule has 4 N–H and O–H groups in total. The predicted octanol–water partition coefficient (Wildman–Crippen LogP) is 1.54. The van der Waals surface area contributed by atoms with Gasteiger partial charge in [0.25, 0.3) is 0 Å². The van der Waals surface area contributed by atoms with Crippen LogP contribution >= 0.6 is 0 Å². The topological polar surface area (TPSA) is 107 Å². The van der Waals surface area contributed by atoms with E-state index in [1.165, 1.54) is 6.92 Å². The Morgan fingerprint density at radius 3 is 2.39 bits per heavy atom. The number of carbonyl (C=O) groups excluding carboxylic acids is 1. The lowest BCUT2D eigenvalue weighted by atomic mass is 9.61. The van der Waals surface area contributed by atoms with Crippen molar-refractivity contribution in [3.05, 3.63) is 12.2 Å². The van der Waals surface area contributed by atoms with Gasteiger partial charge in [0, 0.05) is 29.6 Å². The summed E-state index contributed by atoms with van der Waals surface area (Å²) in [6, 6.07) is 0. The molecular formula is C22H34O6. The Labute approximate surface area is 166 Å². The lowest BCUT2D eigenvalue weighted by Gasteiger charge is -2.47. The van der Waals surface area contributed by atoms with E-state index in [0.717, 1.165) is 12.0 Å². The fraction of sp³-hybridized carbons (Fsp3) is 0.864. The van der Waals surface area contributed by atoms with Crippen LogP contribution in [0.3, 0.4) is 0 Å². The van der Waals surface area contributed by atoms with E-state index in [1.807, 2.05) is 0 Å². The largest absolute Gasteiger partial charge is 0.459 e. The number of hydrogen-bond donors (Lipinski definition) is 4. The molecule has 158 valence electrons. The molecule has 0 aliphatic heterocycles. The van der Waals surface area contributed by atoms with E-state index < -0.39 is 52.2 Å². The predicted molar refractivity (Wildman–Crippen MR) is 102 cm³/mol. The summed E-state index contributed by atoms with van der Waals surface area (Å²) in [5.74, 6) is -1.26. The first-order valence-corrected chi connectivity index (χ1v) is 10.5. The van der Waals surface area contributed by atoms with Crippen LogP contribution in [0.1, 0.15) is 59.8 Å². The maximum Gasteiger partial charge on any atom is 0.303 e. The summed E-state index contributed by atoms with van der Waals surface area (Å²) in [5.41, 5.74) is -3.27. The molecule has 28 heavy (non-hydrogen) atoms. The third-order valence-corrected chi connectivity index (χ3v) is 9.03. The zero-order chi connectivity index (χ0) is 20.9. The van der Waals surface area contributed by atoms with Crippen LogP contribution in [0.2, 0.25) is 0 Å². The van der Waals surface area contributed by atoms with Gasteiger partial charge in [0.05, 0.1) is 17.8 Å². The second kappa shape index (κ2) is 5.81. The Morgan fingerprint density at radius 2 is 1.79 bits per heavy atom. The number of rotatable bonds is 1. The first-order chi connectivity index (χ1) is 12.8. The van der Waals surface area contributed by atoms with Gasteiger partial charge < -0.3 is 25.2 Å². The zero-order valence-electron chi connectivity index (χ0n) is 17.3. The molecule has 0 unspecified atom stereocenters. The van der Waals surface area contributed by atoms with E-state index >= 15 is 0 Å². The molecule has 0 radical (unpaired) electrons. The van der Waals surface area contributed by atoms with Crippen LogP contribution in [0.15, 0.2) is 12.2 Å². The molecule has 0 heterocycles. The third kappa shape index (κ3) is 2.26. The van der Waals surface area contributed by atoms with Crippen molar-refractivity contribution in [1.29, 1.82) is 0 Å². The van der Waals surface area contributed by atoms with Crippen molar-refractivity contribution in [3.8, 4) is 0 Å². The highest BCUT2D eigenvalue weighted by atomic mass is 16.6. The summed E-state index contributed by atoms with van der Waals surface area (Å²) < 4.78 is 5.70. The fourth-order valence-electron chi connectivity index (χ4n) is 7.53. The van der Waals surface area contributed by atoms with Crippen molar-refractivity contribution in [2.24, 2.45) is 28.6 Å². The highest BCUT2D eigenvalue weighted by molar-refractivity contribution is 5.66. The molecule has 4 rings (SSSR count). The number of hydrogen-bond acceptors (Lipinski definition) is 6. The molecule has 4 fully saturated rings. The first-order valence-electron chi connectivity index (χ1n) is 10.5. The number of aliphatic hydroxyl groups excluding tert-OH is 2. The summed E-state index contributed by atoms with van der Waals surface area (Å²) in [6.45, 7) is 11.0. The van der Waals surface area contributed by atoms with Gasteiger partial charge in [-0.05, 0) is 44.9 Å². The van der Waals surface area contributed by atoms with Crippen molar-refractivity contribution in [3.63, 3.8) is 0 Å². The maximum absolute atomic E-state index is 12.0. The Morgan fingerprint density at radius 1 is 1.14 bits per heavy atom. The fourth-order valence-corrected chi connectivity index (χ4v) is 7.53. The summed E-state index contributed by atoms with van der Waals surface area (Å²) in [5, 5.41) is 45.1. The van der Waals surface area contributed by atoms with Crippen molar-refractivity contribution in [1.82, 2.24) is 0 Å². The highest BCUT2D eigenvalue weighted by Crippen LogP contribution is 2.69. The molecule has 6 nitrogen and oxygen atoms in total. The summed E-state index contributed by atoms with van der Waals surface area (Å²) in [6.07, 6.45) is 0.0770. The van der Waals surface area contributed by atoms with E-state index in [1.54, 1.807) is 20.8 Å². The molecule has 0 aromatic carbocycles. The van der Waals surface area contributed by atoms with Crippen LogP contribution in [-0.2, 0) is 9.53 Å². The average molecular weight is 395 g/mol. The maximum atomic E-state index is 12.0. The van der Waals surface area contributed by atoms with Gasteiger partial charge in [-0.2, -0.15) is 0 Å². The molecular weight excluding hydrogens is 360 g/mol. The zero-order valence-corrected chi connectivity index (χ0v) is 17.3. The van der Waals surface area contributed by atoms with Gasteiger partial charge in [-0.15, -0.1) is 0 Å². The van der Waals surface area contributed by atoms with Gasteiger partial charge in [0.2, 0.25) is 0 Å². The monoisotopic (exact) mass is 394 g/mol. The minimum atomic E-state index is -1.48. The Bertz CT molecular complexity index is 714. The SMILES string of the molecule is C=C1[C@@H]2CC[C@@H]3[C@@H](O)[C@@]2(C[C@H](OC(C)=O)[C@@]2(O)[C@H]1C[C@H](O)C2(C)C)C[C@@]3(C)O. The van der Waals surface area contributed by atoms with Crippen LogP contribution in [0.25, 0.3) is 0 Å². The van der Waals surface area contributed by atoms with E-state index in [4.69, 9.17) is 4.74 Å². The van der Waals surface area contributed by atoms with Gasteiger partial charge in [-0.1, -0.05) is 26.0 Å². The van der Waals surface area contributed by atoms with Gasteiger partial charge in [0.15, 0.2) is 0 Å². The first kappa shape index (κ1) is 20.3. The lowest BCUT2D eigenvalue weighted by Crippen LogP contribution is -2.58. The van der Waals surface area contributed by atoms with Crippen LogP contribution < -0.4 is 0 Å². The van der Waals surface area contributed by atoms with Crippen LogP contribution in [0.4, 0.5) is 0 Å². The number of aliphatic hydroxyl groups is 4. The molecule has 4 saturated carbocycles. The van der Waals surface area contributed by atoms with Crippen molar-refractivity contribution in [2.45, 2.75) is 89.3 Å². The molecule has 9 atom stereocenters. The second-order valence-corrected chi connectivity index (χ2v) is 10.7. The molecule has 1 spiro atoms. The molecule has 6 heteroatoms. The number of ether oxygens (including phenoxy) is 1. The number of fused-ring (bicyclic) bond motifs is 2. The Hall–Kier alpha value is -0.950. The van der Waals surface area contributed by atoms with Crippen LogP contribution in [-0.4, -0.2) is 55.9 Å². The summed E-state index contributed by atoms with van der Waals surface area (Å²) in [4.78, 5) is 12.0. The van der Waals surface area contributed by atoms with Crippen LogP contribution in [0, 0.1) is 28.6 Å². The van der Waals surface area contributed by atoms with Crippen molar-refractivity contribution >= 4 is 5.97 Å². The van der Waals surface area contributed by atoms with Gasteiger partial charge in [-0.3, -0.25) is 4.79 Å². The molecule has 0 saturated heterocycles. The normalized spacial score (nSPS) is 54.6. The molecule has 0 amide bonds. The Kier molecular flexibility index (Phi) is 4.22. The number of esters is 1. The van der Waals surface area contributed by atoms with Crippen molar-refractivity contribution in [2.75, 3.05) is 0 Å². The van der Waals surface area contributed by atoms with Gasteiger partial charge >= 0.3 is 5.97 Å². The quantitative estimate of drug-likeness (QED) is 0.397. The molecule has 0 aromatic heterocycles. The van der Waals surface area contributed by atoms with E-state index in [-0.39, 0.29) is 18.3 Å². The third-order valence-electron chi connectivity index (χ3n) is 9.03. The van der Waals surface area contributed by atoms with Gasteiger partial charge in [-0.25, -0.2) is 0 Å². The summed E-state index contributed by atoms with van der Waals surface area (Å²) in [7, 11) is 0. The average Bonchev–Trinajstić information content (AvgIpc) is 2.77. The molecule has 2 bridgehead atoms. The van der Waals surface area contributed by atoms with E-state index in [0.29, 0.717) is 19.3 Å². The minimum absolute atomic E-state index is 0.0918. The number of carbonyl (C=O) groups is 1. The smallest absolute Gasteiger partial charge is 0.303 e. The summed E-state index contributed by atoms with van der Waals surface area (Å²) >= 11 is 0. The van der Waals surface area contributed by atoms with Crippen LogP contribution in [0.5, 0.6) is 0 Å². The second-order valence-electron chi connectivity index (χ2n) is 10.7. The van der Waals surface area contributed by atoms with E-state index in [9.17, 15) is 25.2 Å². The molecule has 0 aromatic rings. The van der Waals surface area contributed by atoms with E-state index in [2.05, 4.69) is 6.58 Å².